The fourth-order valence-electron chi connectivity index (χ4n) is 7.04. The van der Waals surface area contributed by atoms with Crippen molar-refractivity contribution in [1.82, 2.24) is 0 Å². The Morgan fingerprint density at radius 3 is 1.57 bits per heavy atom. The fraction of sp³-hybridized carbons (Fsp3) is 0.567. The average molecular weight is 497 g/mol. The van der Waals surface area contributed by atoms with Gasteiger partial charge in [-0.15, -0.1) is 0 Å². The third-order valence-corrected chi connectivity index (χ3v) is 9.98. The minimum Gasteiger partial charge on any atom is -0.298 e. The number of carbonyl (C=O) groups excluding carboxylic acids is 1. The molecule has 5 heteroatoms. The van der Waals surface area contributed by atoms with Crippen LogP contribution in [0.5, 0.6) is 0 Å². The van der Waals surface area contributed by atoms with Gasteiger partial charge < -0.3 is 0 Å². The van der Waals surface area contributed by atoms with Crippen LogP contribution in [0, 0.1) is 16.7 Å². The van der Waals surface area contributed by atoms with Gasteiger partial charge in [-0.25, -0.2) is 0 Å². The first-order chi connectivity index (χ1) is 15.9. The molecule has 1 N–H and O–H groups in total. The largest absolute Gasteiger partial charge is 0.298 e. The molecule has 2 saturated carbocycles. The number of carbonyl (C=O) groups is 1. The van der Waals surface area contributed by atoms with E-state index in [0.29, 0.717) is 6.42 Å². The Morgan fingerprint density at radius 2 is 1.23 bits per heavy atom. The van der Waals surface area contributed by atoms with Crippen molar-refractivity contribution >= 4 is 15.9 Å². The van der Waals surface area contributed by atoms with Gasteiger partial charge in [-0.1, -0.05) is 104 Å². The minimum atomic E-state index is -4.34. The maximum atomic E-state index is 14.7. The Bertz CT molecular complexity index is 1180. The molecule has 2 unspecified atom stereocenters. The van der Waals surface area contributed by atoms with Gasteiger partial charge in [-0.3, -0.25) is 9.35 Å². The van der Waals surface area contributed by atoms with E-state index in [9.17, 15) is 17.8 Å². The number of Topliss-reactive ketones (excluding diaryl/α,β-unsaturated/α-hetero) is 1. The number of hydrogen-bond donors (Lipinski definition) is 1. The molecule has 2 fully saturated rings. The summed E-state index contributed by atoms with van der Waals surface area (Å²) in [6.45, 7) is 17.0. The number of benzene rings is 2. The van der Waals surface area contributed by atoms with E-state index in [-0.39, 0.29) is 22.5 Å². The van der Waals surface area contributed by atoms with E-state index in [2.05, 4.69) is 90.1 Å². The zero-order valence-corrected chi connectivity index (χ0v) is 23.2. The lowest BCUT2D eigenvalue weighted by molar-refractivity contribution is -0.131. The Balaban J connectivity index is 1.99. The second-order valence-corrected chi connectivity index (χ2v) is 14.9. The van der Waals surface area contributed by atoms with Crippen LogP contribution in [0.4, 0.5) is 0 Å². The lowest BCUT2D eigenvalue weighted by Crippen LogP contribution is -2.48. The molecule has 4 rings (SSSR count). The molecule has 2 bridgehead atoms. The van der Waals surface area contributed by atoms with Crippen LogP contribution >= 0.6 is 0 Å². The fourth-order valence-corrected chi connectivity index (χ4v) is 8.31. The Labute approximate surface area is 211 Å². The minimum absolute atomic E-state index is 0.0236. The molecule has 0 saturated heterocycles. The Kier molecular flexibility index (Phi) is 5.78. The molecule has 2 aromatic carbocycles. The summed E-state index contributed by atoms with van der Waals surface area (Å²) in [6.07, 6.45) is 1.21. The first-order valence-corrected chi connectivity index (χ1v) is 14.2. The van der Waals surface area contributed by atoms with Gasteiger partial charge in [-0.2, -0.15) is 8.42 Å². The zero-order valence-electron chi connectivity index (χ0n) is 22.4. The second kappa shape index (κ2) is 7.76. The van der Waals surface area contributed by atoms with Crippen LogP contribution in [0.2, 0.25) is 0 Å². The summed E-state index contributed by atoms with van der Waals surface area (Å²) in [4.78, 5) is 14.7. The summed E-state index contributed by atoms with van der Waals surface area (Å²) in [5, 5.41) is 0. The van der Waals surface area contributed by atoms with E-state index in [1.807, 2.05) is 13.8 Å². The summed E-state index contributed by atoms with van der Waals surface area (Å²) in [7, 11) is -4.34. The molecule has 2 aromatic rings. The van der Waals surface area contributed by atoms with Crippen molar-refractivity contribution in [2.45, 2.75) is 84.5 Å². The molecule has 35 heavy (non-hydrogen) atoms. The van der Waals surface area contributed by atoms with E-state index in [1.54, 1.807) is 0 Å². The van der Waals surface area contributed by atoms with Crippen LogP contribution in [0.15, 0.2) is 48.5 Å². The van der Waals surface area contributed by atoms with E-state index in [0.717, 1.165) is 17.5 Å². The summed E-state index contributed by atoms with van der Waals surface area (Å²) in [5.41, 5.74) is 1.46. The van der Waals surface area contributed by atoms with Crippen molar-refractivity contribution in [3.63, 3.8) is 0 Å². The van der Waals surface area contributed by atoms with Gasteiger partial charge in [0, 0.05) is 0 Å². The molecule has 190 valence electrons. The normalized spacial score (nSPS) is 25.7. The van der Waals surface area contributed by atoms with E-state index in [4.69, 9.17) is 0 Å². The molecule has 2 aliphatic carbocycles. The summed E-state index contributed by atoms with van der Waals surface area (Å²) in [5.74, 6) is -0.675. The van der Waals surface area contributed by atoms with Crippen molar-refractivity contribution in [2.24, 2.45) is 16.7 Å². The smallest absolute Gasteiger partial charge is 0.265 e. The highest BCUT2D eigenvalue weighted by Gasteiger charge is 2.76. The van der Waals surface area contributed by atoms with Gasteiger partial charge in [0.1, 0.15) is 0 Å². The van der Waals surface area contributed by atoms with Crippen LogP contribution in [0.25, 0.3) is 0 Å². The zero-order chi connectivity index (χ0) is 26.2. The number of hydrogen-bond acceptors (Lipinski definition) is 3. The number of ketones is 1. The van der Waals surface area contributed by atoms with Gasteiger partial charge in [0.15, 0.2) is 5.78 Å². The van der Waals surface area contributed by atoms with Crippen molar-refractivity contribution in [1.29, 1.82) is 0 Å². The summed E-state index contributed by atoms with van der Waals surface area (Å²) >= 11 is 0. The third kappa shape index (κ3) is 3.81. The van der Waals surface area contributed by atoms with Gasteiger partial charge in [0.05, 0.1) is 16.6 Å². The highest BCUT2D eigenvalue weighted by Crippen LogP contribution is 2.72. The predicted octanol–water partition coefficient (Wildman–Crippen LogP) is 6.46. The highest BCUT2D eigenvalue weighted by atomic mass is 32.2. The van der Waals surface area contributed by atoms with Crippen LogP contribution in [0.1, 0.15) is 90.5 Å². The standard InChI is InChI=1S/C30H40O4S/c1-26(2,3)20-9-13-22(14-10-20)30(23-15-11-21(12-16-23)27(4,5)6)24-17-18-29(25(30)31,28(24,7)8)19-35(32,33)34/h9-16,24H,17-19H2,1-8H3,(H,32,33,34). The van der Waals surface area contributed by atoms with Gasteiger partial charge in [0.2, 0.25) is 0 Å². The van der Waals surface area contributed by atoms with Gasteiger partial charge >= 0.3 is 0 Å². The molecule has 0 heterocycles. The van der Waals surface area contributed by atoms with Gasteiger partial charge in [-0.05, 0) is 57.3 Å². The van der Waals surface area contributed by atoms with Crippen molar-refractivity contribution in [3.8, 4) is 0 Å². The van der Waals surface area contributed by atoms with E-state index in [1.165, 1.54) is 11.1 Å². The summed E-state index contributed by atoms with van der Waals surface area (Å²) < 4.78 is 34.3. The van der Waals surface area contributed by atoms with E-state index >= 15 is 0 Å². The SMILES string of the molecule is CC(C)(C)c1ccc(C2(c3ccc(C(C)(C)C)cc3)C(=O)C3(CS(=O)(=O)O)CCC2C3(C)C)cc1. The van der Waals surface area contributed by atoms with Crippen LogP contribution < -0.4 is 0 Å². The monoisotopic (exact) mass is 496 g/mol. The van der Waals surface area contributed by atoms with Crippen LogP contribution in [0.3, 0.4) is 0 Å². The van der Waals surface area contributed by atoms with Crippen molar-refractivity contribution in [2.75, 3.05) is 5.75 Å². The predicted molar refractivity (Wildman–Crippen MR) is 141 cm³/mol. The molecule has 0 amide bonds. The quantitative estimate of drug-likeness (QED) is 0.493. The van der Waals surface area contributed by atoms with Crippen LogP contribution in [-0.4, -0.2) is 24.5 Å². The molecule has 0 aromatic heterocycles. The van der Waals surface area contributed by atoms with Gasteiger partial charge in [0.25, 0.3) is 10.1 Å². The molecular weight excluding hydrogens is 456 g/mol. The molecule has 2 aliphatic rings. The molecule has 2 atom stereocenters. The third-order valence-electron chi connectivity index (χ3n) is 9.12. The summed E-state index contributed by atoms with van der Waals surface area (Å²) in [6, 6.07) is 16.7. The maximum Gasteiger partial charge on any atom is 0.265 e. The first kappa shape index (κ1) is 26.1. The molecule has 0 aliphatic heterocycles. The first-order valence-electron chi connectivity index (χ1n) is 12.6. The topological polar surface area (TPSA) is 71.4 Å². The molecule has 4 nitrogen and oxygen atoms in total. The van der Waals surface area contributed by atoms with Crippen LogP contribution in [-0.2, 0) is 31.2 Å². The Hall–Kier alpha value is -1.98. The maximum absolute atomic E-state index is 14.7. The molecule has 0 radical (unpaired) electrons. The lowest BCUT2D eigenvalue weighted by atomic mass is 9.61. The number of rotatable bonds is 4. The highest BCUT2D eigenvalue weighted by molar-refractivity contribution is 7.85. The second-order valence-electron chi connectivity index (χ2n) is 13.4. The average Bonchev–Trinajstić information content (AvgIpc) is 3.05. The number of fused-ring (bicyclic) bond motifs is 2. The molecule has 0 spiro atoms. The van der Waals surface area contributed by atoms with Crippen molar-refractivity contribution < 1.29 is 17.8 Å². The van der Waals surface area contributed by atoms with E-state index < -0.39 is 32.1 Å². The molecular formula is C30H40O4S. The Morgan fingerprint density at radius 1 is 0.829 bits per heavy atom. The van der Waals surface area contributed by atoms with Crippen molar-refractivity contribution in [3.05, 3.63) is 70.8 Å². The lowest BCUT2D eigenvalue weighted by Gasteiger charge is -2.40.